The van der Waals surface area contributed by atoms with Gasteiger partial charge in [-0.2, -0.15) is 0 Å². The number of hydrogen-bond acceptors (Lipinski definition) is 5. The molecular formula is C33H45IO5S. The minimum atomic E-state index is -3.92. The van der Waals surface area contributed by atoms with Crippen molar-refractivity contribution in [1.29, 1.82) is 0 Å². The van der Waals surface area contributed by atoms with Crippen LogP contribution in [0.5, 0.6) is 5.75 Å². The van der Waals surface area contributed by atoms with E-state index in [0.717, 1.165) is 32.0 Å². The van der Waals surface area contributed by atoms with Crippen LogP contribution < -0.4 is 4.74 Å². The first-order chi connectivity index (χ1) is 19.4. The molecule has 220 valence electrons. The molecule has 0 aliphatic heterocycles. The Morgan fingerprint density at radius 1 is 0.725 bits per heavy atom. The molecule has 40 heavy (non-hydrogen) atoms. The first-order valence-corrected chi connectivity index (χ1v) is 19.0. The van der Waals surface area contributed by atoms with Crippen LogP contribution in [0.2, 0.25) is 0 Å². The number of aryl methyl sites for hydroxylation is 1. The Balaban J connectivity index is 1.48. The van der Waals surface area contributed by atoms with Crippen molar-refractivity contribution >= 4 is 30.4 Å². The van der Waals surface area contributed by atoms with Crippen LogP contribution in [-0.4, -0.2) is 26.2 Å². The molecule has 3 rings (SSSR count). The molecule has 1 atom stereocenters. The second-order valence-corrected chi connectivity index (χ2v) is 16.8. The summed E-state index contributed by atoms with van der Waals surface area (Å²) in [5.74, 6) is 0.649. The quantitative estimate of drug-likeness (QED) is 0.101. The maximum atomic E-state index is 13.1. The number of aliphatic hydroxyl groups is 1. The fraction of sp³-hybridized carbons (Fsp3) is 0.455. The Morgan fingerprint density at radius 3 is 1.88 bits per heavy atom. The van der Waals surface area contributed by atoms with E-state index in [9.17, 15) is 13.5 Å². The molecule has 1 unspecified atom stereocenters. The SMILES string of the molecule is CCCCCCCCCCCCC(O)COc1ccc(I(OS(=O)(=O)c2ccc(C)cc2)c2ccccc2)cc1. The summed E-state index contributed by atoms with van der Waals surface area (Å²) in [6.07, 6.45) is 13.0. The van der Waals surface area contributed by atoms with Crippen molar-refractivity contribution in [3.63, 3.8) is 0 Å². The third kappa shape index (κ3) is 11.5. The zero-order chi connectivity index (χ0) is 28.6. The number of hydrogen-bond donors (Lipinski definition) is 1. The first kappa shape index (κ1) is 32.6. The van der Waals surface area contributed by atoms with E-state index >= 15 is 0 Å². The Hall–Kier alpha value is -1.94. The van der Waals surface area contributed by atoms with Crippen molar-refractivity contribution in [2.45, 2.75) is 95.5 Å². The molecule has 0 saturated carbocycles. The van der Waals surface area contributed by atoms with Gasteiger partial charge in [-0.1, -0.05) is 45.4 Å². The van der Waals surface area contributed by atoms with Gasteiger partial charge in [-0.25, -0.2) is 0 Å². The predicted molar refractivity (Wildman–Crippen MR) is 172 cm³/mol. The number of halogens is 1. The van der Waals surface area contributed by atoms with E-state index < -0.39 is 36.5 Å². The summed E-state index contributed by atoms with van der Waals surface area (Å²) in [6.45, 7) is 4.41. The Labute approximate surface area is 249 Å². The molecule has 5 nitrogen and oxygen atoms in total. The van der Waals surface area contributed by atoms with Gasteiger partial charge < -0.3 is 0 Å². The summed E-state index contributed by atoms with van der Waals surface area (Å²) in [5.41, 5.74) is 0.988. The molecule has 0 spiro atoms. The second kappa shape index (κ2) is 17.8. The molecule has 0 radical (unpaired) electrons. The molecule has 0 heterocycles. The Morgan fingerprint density at radius 2 is 1.27 bits per heavy atom. The molecule has 7 heteroatoms. The van der Waals surface area contributed by atoms with Crippen molar-refractivity contribution in [3.8, 4) is 5.75 Å². The van der Waals surface area contributed by atoms with Crippen LogP contribution in [-0.2, 0) is 12.6 Å². The van der Waals surface area contributed by atoms with Gasteiger partial charge in [0, 0.05) is 0 Å². The zero-order valence-corrected chi connectivity index (χ0v) is 26.9. The van der Waals surface area contributed by atoms with Gasteiger partial charge in [0.25, 0.3) is 0 Å². The van der Waals surface area contributed by atoms with Crippen LogP contribution in [0.1, 0.15) is 83.1 Å². The molecule has 0 aliphatic carbocycles. The van der Waals surface area contributed by atoms with Crippen LogP contribution >= 0.6 is 20.2 Å². The standard InChI is InChI=1S/C33H45IO5S/c1-3-4-5-6-7-8-9-10-11-15-18-31(35)27-38-32-23-21-30(22-24-32)34(29-16-13-12-14-17-29)39-40(36,37)33-25-19-28(2)20-26-33/h12-14,16-17,19-26,31,35H,3-11,15,18,27H2,1-2H3. The van der Waals surface area contributed by atoms with Gasteiger partial charge in [0.15, 0.2) is 0 Å². The predicted octanol–water partition coefficient (Wildman–Crippen LogP) is 8.91. The Kier molecular flexibility index (Phi) is 14.5. The zero-order valence-electron chi connectivity index (χ0n) is 23.9. The Bertz CT molecular complexity index is 1200. The average Bonchev–Trinajstić information content (AvgIpc) is 2.97. The van der Waals surface area contributed by atoms with Crippen LogP contribution in [0.15, 0.2) is 83.8 Å². The number of unbranched alkanes of at least 4 members (excludes halogenated alkanes) is 9. The topological polar surface area (TPSA) is 72.8 Å². The van der Waals surface area contributed by atoms with E-state index in [1.165, 1.54) is 51.4 Å². The van der Waals surface area contributed by atoms with Gasteiger partial charge >= 0.3 is 205 Å². The monoisotopic (exact) mass is 680 g/mol. The van der Waals surface area contributed by atoms with E-state index in [2.05, 4.69) is 6.92 Å². The van der Waals surface area contributed by atoms with Crippen molar-refractivity contribution in [2.75, 3.05) is 6.61 Å². The van der Waals surface area contributed by atoms with E-state index in [1.807, 2.05) is 61.5 Å². The van der Waals surface area contributed by atoms with E-state index in [1.54, 1.807) is 24.3 Å². The van der Waals surface area contributed by atoms with Crippen LogP contribution in [0.25, 0.3) is 0 Å². The molecule has 0 aromatic heterocycles. The molecule has 3 aromatic rings. The van der Waals surface area contributed by atoms with Crippen LogP contribution in [0, 0.1) is 14.1 Å². The molecule has 0 saturated heterocycles. The normalized spacial score (nSPS) is 12.7. The van der Waals surface area contributed by atoms with Crippen LogP contribution in [0.3, 0.4) is 0 Å². The van der Waals surface area contributed by atoms with Gasteiger partial charge in [-0.3, -0.25) is 0 Å². The van der Waals surface area contributed by atoms with E-state index in [4.69, 9.17) is 7.25 Å². The number of ether oxygens (including phenoxy) is 1. The van der Waals surface area contributed by atoms with Crippen molar-refractivity contribution in [3.05, 3.63) is 91.6 Å². The summed E-state index contributed by atoms with van der Waals surface area (Å²) >= 11 is -2.77. The molecule has 0 aliphatic rings. The summed E-state index contributed by atoms with van der Waals surface area (Å²) < 4.78 is 39.7. The summed E-state index contributed by atoms with van der Waals surface area (Å²) in [7, 11) is -3.92. The second-order valence-electron chi connectivity index (χ2n) is 10.3. The fourth-order valence-electron chi connectivity index (χ4n) is 4.34. The van der Waals surface area contributed by atoms with Gasteiger partial charge in [-0.15, -0.1) is 0 Å². The van der Waals surface area contributed by atoms with Gasteiger partial charge in [-0.05, 0) is 0 Å². The first-order valence-electron chi connectivity index (χ1n) is 14.6. The fourth-order valence-corrected chi connectivity index (χ4v) is 11.3. The van der Waals surface area contributed by atoms with E-state index in [-0.39, 0.29) is 11.5 Å². The van der Waals surface area contributed by atoms with Crippen molar-refractivity contribution in [2.24, 2.45) is 0 Å². The third-order valence-corrected chi connectivity index (χ3v) is 14.1. The minimum absolute atomic E-state index is 0.160. The number of rotatable bonds is 19. The maximum absolute atomic E-state index is 13.1. The third-order valence-electron chi connectivity index (χ3n) is 6.73. The van der Waals surface area contributed by atoms with Crippen molar-refractivity contribution < 1.29 is 20.8 Å². The van der Waals surface area contributed by atoms with Gasteiger partial charge in [0.05, 0.1) is 0 Å². The summed E-state index contributed by atoms with van der Waals surface area (Å²) in [5, 5.41) is 10.4. The average molecular weight is 681 g/mol. The molecule has 0 bridgehead atoms. The number of benzene rings is 3. The molecular weight excluding hydrogens is 635 g/mol. The van der Waals surface area contributed by atoms with E-state index in [0.29, 0.717) is 5.75 Å². The summed E-state index contributed by atoms with van der Waals surface area (Å²) in [4.78, 5) is 0.160. The van der Waals surface area contributed by atoms with Crippen LogP contribution in [0.4, 0.5) is 0 Å². The molecule has 0 fully saturated rings. The van der Waals surface area contributed by atoms with Gasteiger partial charge in [0.1, 0.15) is 0 Å². The summed E-state index contributed by atoms with van der Waals surface area (Å²) in [6, 6.07) is 23.7. The van der Waals surface area contributed by atoms with Gasteiger partial charge in [0.2, 0.25) is 0 Å². The molecule has 0 amide bonds. The molecule has 1 N–H and O–H groups in total. The number of aliphatic hydroxyl groups excluding tert-OH is 1. The molecule has 3 aromatic carbocycles. The van der Waals surface area contributed by atoms with Crippen molar-refractivity contribution in [1.82, 2.24) is 0 Å².